The molecule has 4 heterocycles. The number of ether oxygens (including phenoxy) is 1. The van der Waals surface area contributed by atoms with Crippen molar-refractivity contribution in [2.24, 2.45) is 0 Å². The van der Waals surface area contributed by atoms with Gasteiger partial charge in [-0.2, -0.15) is 0 Å². The first-order chi connectivity index (χ1) is 14.3. The maximum Gasteiger partial charge on any atom is 0.161 e. The van der Waals surface area contributed by atoms with Gasteiger partial charge in [0, 0.05) is 48.6 Å². The van der Waals surface area contributed by atoms with E-state index in [0.29, 0.717) is 5.82 Å². The average molecular weight is 386 g/mol. The lowest BCUT2D eigenvalue weighted by Crippen LogP contribution is -2.36. The fourth-order valence-corrected chi connectivity index (χ4v) is 3.64. The Bertz CT molecular complexity index is 1110. The van der Waals surface area contributed by atoms with Crippen molar-refractivity contribution >= 4 is 28.5 Å². The third-order valence-electron chi connectivity index (χ3n) is 5.15. The minimum absolute atomic E-state index is 0.509. The van der Waals surface area contributed by atoms with Crippen molar-refractivity contribution in [1.29, 1.82) is 0 Å². The van der Waals surface area contributed by atoms with Gasteiger partial charge in [0.1, 0.15) is 5.82 Å². The van der Waals surface area contributed by atoms with Gasteiger partial charge < -0.3 is 20.7 Å². The van der Waals surface area contributed by atoms with E-state index in [1.165, 1.54) is 5.69 Å². The second kappa shape index (κ2) is 7.44. The molecule has 1 aliphatic heterocycles. The molecule has 0 aliphatic carbocycles. The van der Waals surface area contributed by atoms with Gasteiger partial charge in [0.25, 0.3) is 0 Å². The number of morpholine rings is 1. The number of rotatable bonds is 4. The Morgan fingerprint density at radius 3 is 2.52 bits per heavy atom. The molecule has 1 aliphatic rings. The van der Waals surface area contributed by atoms with Gasteiger partial charge in [-0.15, -0.1) is 0 Å². The molecule has 7 nitrogen and oxygen atoms in total. The third kappa shape index (κ3) is 3.48. The molecule has 29 heavy (non-hydrogen) atoms. The van der Waals surface area contributed by atoms with Crippen molar-refractivity contribution in [3.05, 3.63) is 67.1 Å². The number of pyridine rings is 2. The van der Waals surface area contributed by atoms with Crippen molar-refractivity contribution in [3.8, 4) is 11.3 Å². The Kier molecular flexibility index (Phi) is 4.50. The third-order valence-corrected chi connectivity index (χ3v) is 5.15. The highest BCUT2D eigenvalue weighted by Crippen LogP contribution is 2.28. The summed E-state index contributed by atoms with van der Waals surface area (Å²) in [6.07, 6.45) is 5.53. The number of nitrogen functional groups attached to an aromatic ring is 1. The number of nitrogens with zero attached hydrogens (tertiary/aromatic N) is 4. The second-order valence-electron chi connectivity index (χ2n) is 7.00. The number of nitrogens with two attached hydrogens (primary N) is 1. The van der Waals surface area contributed by atoms with Gasteiger partial charge >= 0.3 is 0 Å². The lowest BCUT2D eigenvalue weighted by Gasteiger charge is -2.29. The minimum atomic E-state index is 0.509. The first-order valence-electron chi connectivity index (χ1n) is 9.66. The Labute approximate surface area is 168 Å². The molecule has 0 bridgehead atoms. The number of fused-ring (bicyclic) bond motifs is 1. The number of hydrogen-bond acceptors (Lipinski definition) is 6. The Morgan fingerprint density at radius 1 is 0.931 bits per heavy atom. The van der Waals surface area contributed by atoms with Crippen molar-refractivity contribution in [3.63, 3.8) is 0 Å². The number of aromatic nitrogens is 3. The van der Waals surface area contributed by atoms with E-state index in [1.807, 2.05) is 18.3 Å². The highest BCUT2D eigenvalue weighted by atomic mass is 16.5. The number of nitrogens with one attached hydrogen (secondary N) is 1. The summed E-state index contributed by atoms with van der Waals surface area (Å²) in [5, 5.41) is 3.49. The van der Waals surface area contributed by atoms with Crippen molar-refractivity contribution in [2.75, 3.05) is 42.3 Å². The first kappa shape index (κ1) is 17.5. The van der Waals surface area contributed by atoms with Crippen LogP contribution in [0, 0.1) is 0 Å². The Hall–Kier alpha value is -3.58. The van der Waals surface area contributed by atoms with E-state index in [4.69, 9.17) is 10.5 Å². The molecule has 5 rings (SSSR count). The minimum Gasteiger partial charge on any atom is -0.384 e. The molecule has 0 unspecified atom stereocenters. The second-order valence-corrected chi connectivity index (χ2v) is 7.00. The van der Waals surface area contributed by atoms with Gasteiger partial charge in [0.15, 0.2) is 5.65 Å². The summed E-state index contributed by atoms with van der Waals surface area (Å²) >= 11 is 0. The van der Waals surface area contributed by atoms with Crippen molar-refractivity contribution < 1.29 is 4.74 Å². The van der Waals surface area contributed by atoms with E-state index in [1.54, 1.807) is 18.5 Å². The maximum atomic E-state index is 5.72. The molecule has 1 fully saturated rings. The highest BCUT2D eigenvalue weighted by Gasteiger charge is 2.12. The van der Waals surface area contributed by atoms with Crippen LogP contribution in [0.15, 0.2) is 67.1 Å². The zero-order valence-corrected chi connectivity index (χ0v) is 16.0. The van der Waals surface area contributed by atoms with Crippen LogP contribution in [0.4, 0.5) is 22.9 Å². The van der Waals surface area contributed by atoms with Crippen LogP contribution in [0.25, 0.3) is 16.9 Å². The summed E-state index contributed by atoms with van der Waals surface area (Å²) < 4.78 is 7.48. The molecule has 7 heteroatoms. The van der Waals surface area contributed by atoms with Gasteiger partial charge in [-0.25, -0.2) is 9.97 Å². The molecule has 3 N–H and O–H groups in total. The standard InChI is InChI=1S/C22H22N6O/c23-21-8-1-16(15-25-21)20-7-6-19(22-24-9-10-28(20)22)26-17-2-4-18(5-3-17)27-11-13-29-14-12-27/h1-10,15,26H,11-14H2,(H2,23,25). The summed E-state index contributed by atoms with van der Waals surface area (Å²) in [6.45, 7) is 3.44. The highest BCUT2D eigenvalue weighted by molar-refractivity contribution is 5.78. The molecular formula is C22H22N6O. The summed E-state index contributed by atoms with van der Waals surface area (Å²) in [5.74, 6) is 0.509. The van der Waals surface area contributed by atoms with Crippen LogP contribution in [-0.2, 0) is 4.74 Å². The van der Waals surface area contributed by atoms with Crippen LogP contribution in [0.5, 0.6) is 0 Å². The van der Waals surface area contributed by atoms with Gasteiger partial charge in [0.05, 0.1) is 24.6 Å². The summed E-state index contributed by atoms with van der Waals surface area (Å²) in [4.78, 5) is 11.1. The molecule has 1 saturated heterocycles. The Morgan fingerprint density at radius 2 is 1.76 bits per heavy atom. The molecule has 0 amide bonds. The lowest BCUT2D eigenvalue weighted by molar-refractivity contribution is 0.122. The normalized spacial score (nSPS) is 14.3. The number of imidazole rings is 1. The fraction of sp³-hybridized carbons (Fsp3) is 0.182. The molecule has 3 aromatic heterocycles. The van der Waals surface area contributed by atoms with Crippen molar-refractivity contribution in [2.45, 2.75) is 0 Å². The SMILES string of the molecule is Nc1ccc(-c2ccc(Nc3ccc(N4CCOCC4)cc3)c3nccn23)cn1. The summed E-state index contributed by atoms with van der Waals surface area (Å²) in [5.41, 5.74) is 11.8. The van der Waals surface area contributed by atoms with E-state index in [2.05, 4.69) is 54.9 Å². The van der Waals surface area contributed by atoms with Crippen LogP contribution in [0.3, 0.4) is 0 Å². The quantitative estimate of drug-likeness (QED) is 0.558. The van der Waals surface area contributed by atoms with Gasteiger partial charge in [-0.1, -0.05) is 0 Å². The molecule has 1 aromatic carbocycles. The van der Waals surface area contributed by atoms with Crippen molar-refractivity contribution in [1.82, 2.24) is 14.4 Å². The smallest absolute Gasteiger partial charge is 0.161 e. The maximum absolute atomic E-state index is 5.72. The van der Waals surface area contributed by atoms with Crippen LogP contribution >= 0.6 is 0 Å². The largest absolute Gasteiger partial charge is 0.384 e. The van der Waals surface area contributed by atoms with Gasteiger partial charge in [-0.3, -0.25) is 4.40 Å². The topological polar surface area (TPSA) is 80.7 Å². The molecule has 0 atom stereocenters. The summed E-state index contributed by atoms with van der Waals surface area (Å²) in [6, 6.07) is 16.4. The predicted octanol–water partition coefficient (Wildman–Crippen LogP) is 3.56. The fourth-order valence-electron chi connectivity index (χ4n) is 3.64. The Balaban J connectivity index is 1.42. The first-order valence-corrected chi connectivity index (χ1v) is 9.66. The number of anilines is 4. The van der Waals surface area contributed by atoms with E-state index >= 15 is 0 Å². The molecule has 0 radical (unpaired) electrons. The lowest BCUT2D eigenvalue weighted by atomic mass is 10.1. The average Bonchev–Trinajstić information content (AvgIpc) is 3.26. The molecule has 146 valence electrons. The van der Waals surface area contributed by atoms with E-state index in [0.717, 1.165) is 54.6 Å². The summed E-state index contributed by atoms with van der Waals surface area (Å²) in [7, 11) is 0. The van der Waals surface area contributed by atoms with Gasteiger partial charge in [0.2, 0.25) is 0 Å². The predicted molar refractivity (Wildman–Crippen MR) is 116 cm³/mol. The van der Waals surface area contributed by atoms with Crippen LogP contribution in [0.1, 0.15) is 0 Å². The molecule has 4 aromatic rings. The monoisotopic (exact) mass is 386 g/mol. The molecule has 0 saturated carbocycles. The zero-order chi connectivity index (χ0) is 19.6. The number of benzene rings is 1. The van der Waals surface area contributed by atoms with E-state index in [9.17, 15) is 0 Å². The van der Waals surface area contributed by atoms with Crippen LogP contribution in [-0.4, -0.2) is 40.7 Å². The number of hydrogen-bond donors (Lipinski definition) is 2. The molecule has 0 spiro atoms. The van der Waals surface area contributed by atoms with Gasteiger partial charge in [-0.05, 0) is 48.5 Å². The van der Waals surface area contributed by atoms with Crippen LogP contribution in [0.2, 0.25) is 0 Å². The van der Waals surface area contributed by atoms with Crippen LogP contribution < -0.4 is 16.0 Å². The van der Waals surface area contributed by atoms with E-state index in [-0.39, 0.29) is 0 Å². The molecular weight excluding hydrogens is 364 g/mol. The van der Waals surface area contributed by atoms with E-state index < -0.39 is 0 Å². The zero-order valence-electron chi connectivity index (χ0n) is 16.0.